The van der Waals surface area contributed by atoms with Crippen molar-refractivity contribution in [2.75, 3.05) is 0 Å². The van der Waals surface area contributed by atoms with Gasteiger partial charge in [-0.15, -0.1) is 3.97 Å². The quantitative estimate of drug-likeness (QED) is 0.564. The molecule has 2 aromatic heterocycles. The molecule has 2 aromatic rings. The maximum absolute atomic E-state index is 4.21. The van der Waals surface area contributed by atoms with Crippen LogP contribution >= 0.6 is 10.7 Å². The molecule has 1 aliphatic rings. The number of hydrogen-bond acceptors (Lipinski definition) is 1. The van der Waals surface area contributed by atoms with E-state index in [1.54, 1.807) is 10.4 Å². The zero-order chi connectivity index (χ0) is 13.8. The van der Waals surface area contributed by atoms with E-state index in [1.165, 1.54) is 32.1 Å². The molecule has 1 aliphatic carbocycles. The van der Waals surface area contributed by atoms with Gasteiger partial charge in [0.25, 0.3) is 0 Å². The third-order valence-electron chi connectivity index (χ3n) is 4.24. The lowest BCUT2D eigenvalue weighted by molar-refractivity contribution is 0.443. The Labute approximate surface area is 124 Å². The zero-order valence-corrected chi connectivity index (χ0v) is 13.0. The first-order valence-corrected chi connectivity index (χ1v) is 8.88. The van der Waals surface area contributed by atoms with Crippen molar-refractivity contribution >= 4 is 10.7 Å². The Bertz CT molecular complexity index is 560. The number of allylic oxidation sites excluding steroid dienone is 2. The van der Waals surface area contributed by atoms with Gasteiger partial charge in [-0.25, -0.2) is 4.98 Å². The molecule has 1 unspecified atom stereocenters. The Morgan fingerprint density at radius 2 is 2.20 bits per heavy atom. The SMILES string of the molecule is CC=CCc1c(C2CCCCC2)cc[s+]1-n1ccnc1. The first-order valence-electron chi connectivity index (χ1n) is 7.64. The predicted molar refractivity (Wildman–Crippen MR) is 86.3 cm³/mol. The molecule has 0 aliphatic heterocycles. The Morgan fingerprint density at radius 1 is 1.35 bits per heavy atom. The van der Waals surface area contributed by atoms with Gasteiger partial charge >= 0.3 is 0 Å². The van der Waals surface area contributed by atoms with E-state index in [1.807, 2.05) is 12.5 Å². The Hall–Kier alpha value is -1.35. The largest absolute Gasteiger partial charge is 0.240 e. The van der Waals surface area contributed by atoms with Gasteiger partial charge in [-0.1, -0.05) is 31.4 Å². The lowest BCUT2D eigenvalue weighted by Gasteiger charge is -2.20. The molecule has 1 atom stereocenters. The molecule has 2 heterocycles. The van der Waals surface area contributed by atoms with Crippen LogP contribution in [0.4, 0.5) is 0 Å². The van der Waals surface area contributed by atoms with Gasteiger partial charge in [0.2, 0.25) is 0 Å². The Balaban J connectivity index is 1.96. The molecule has 0 aromatic carbocycles. The van der Waals surface area contributed by atoms with E-state index in [-0.39, 0.29) is 10.7 Å². The van der Waals surface area contributed by atoms with Gasteiger partial charge in [-0.2, -0.15) is 0 Å². The summed E-state index contributed by atoms with van der Waals surface area (Å²) in [5.74, 6) is 0.793. The number of rotatable bonds is 4. The molecule has 106 valence electrons. The molecule has 3 rings (SSSR count). The summed E-state index contributed by atoms with van der Waals surface area (Å²) in [6.45, 7) is 2.11. The normalized spacial score (nSPS) is 17.9. The minimum Gasteiger partial charge on any atom is -0.240 e. The number of thiophene rings is 1. The highest BCUT2D eigenvalue weighted by atomic mass is 32.2. The maximum atomic E-state index is 4.21. The van der Waals surface area contributed by atoms with Crippen LogP contribution in [0.15, 0.2) is 42.3 Å². The molecule has 1 saturated carbocycles. The molecular formula is C17H23N2S+. The van der Waals surface area contributed by atoms with Crippen LogP contribution in [0.3, 0.4) is 0 Å². The molecule has 0 saturated heterocycles. The van der Waals surface area contributed by atoms with E-state index in [0.29, 0.717) is 0 Å². The van der Waals surface area contributed by atoms with E-state index in [9.17, 15) is 0 Å². The van der Waals surface area contributed by atoms with E-state index >= 15 is 0 Å². The van der Waals surface area contributed by atoms with Gasteiger partial charge in [0, 0.05) is 18.1 Å². The second kappa shape index (κ2) is 6.40. The second-order valence-electron chi connectivity index (χ2n) is 5.53. The van der Waals surface area contributed by atoms with Crippen molar-refractivity contribution in [1.29, 1.82) is 0 Å². The number of aromatic nitrogens is 2. The lowest BCUT2D eigenvalue weighted by atomic mass is 9.84. The monoisotopic (exact) mass is 287 g/mol. The number of imidazole rings is 1. The van der Waals surface area contributed by atoms with E-state index in [4.69, 9.17) is 0 Å². The topological polar surface area (TPSA) is 17.8 Å². The second-order valence-corrected chi connectivity index (χ2v) is 7.34. The van der Waals surface area contributed by atoms with Crippen LogP contribution in [0.1, 0.15) is 55.4 Å². The average Bonchev–Trinajstić information content (AvgIpc) is 3.15. The van der Waals surface area contributed by atoms with Crippen LogP contribution in [-0.2, 0) is 6.42 Å². The van der Waals surface area contributed by atoms with Gasteiger partial charge in [-0.3, -0.25) is 0 Å². The molecule has 0 amide bonds. The summed E-state index contributed by atoms with van der Waals surface area (Å²) in [7, 11) is 0.0714. The summed E-state index contributed by atoms with van der Waals surface area (Å²) in [6, 6.07) is 2.40. The van der Waals surface area contributed by atoms with E-state index < -0.39 is 0 Å². The van der Waals surface area contributed by atoms with Crippen LogP contribution in [-0.4, -0.2) is 8.96 Å². The third-order valence-corrected chi connectivity index (χ3v) is 6.21. The van der Waals surface area contributed by atoms with Gasteiger partial charge in [0.15, 0.2) is 10.3 Å². The van der Waals surface area contributed by atoms with Gasteiger partial charge in [-0.05, 0) is 25.7 Å². The van der Waals surface area contributed by atoms with Crippen molar-refractivity contribution in [2.45, 2.75) is 51.4 Å². The molecule has 3 heteroatoms. The van der Waals surface area contributed by atoms with Crippen molar-refractivity contribution in [2.24, 2.45) is 0 Å². The molecular weight excluding hydrogens is 264 g/mol. The third kappa shape index (κ3) is 2.73. The minimum atomic E-state index is 0.0714. The maximum Gasteiger partial charge on any atom is 0.185 e. The first-order chi connectivity index (χ1) is 9.90. The fraction of sp³-hybridized carbons (Fsp3) is 0.471. The summed E-state index contributed by atoms with van der Waals surface area (Å²) in [5.41, 5.74) is 1.62. The highest BCUT2D eigenvalue weighted by molar-refractivity contribution is 7.28. The molecule has 0 N–H and O–H groups in total. The van der Waals surface area contributed by atoms with Crippen LogP contribution in [0.2, 0.25) is 0 Å². The van der Waals surface area contributed by atoms with Gasteiger partial charge in [0.05, 0.1) is 12.4 Å². The molecule has 20 heavy (non-hydrogen) atoms. The van der Waals surface area contributed by atoms with Gasteiger partial charge in [0.1, 0.15) is 17.0 Å². The molecule has 0 bridgehead atoms. The van der Waals surface area contributed by atoms with Crippen LogP contribution in [0.5, 0.6) is 0 Å². The summed E-state index contributed by atoms with van der Waals surface area (Å²) < 4.78 is 2.26. The predicted octanol–water partition coefficient (Wildman–Crippen LogP) is 5.11. The molecule has 1 fully saturated rings. The standard InChI is InChI=1S/C17H23N2S/c1-2-3-9-17-16(15-7-5-4-6-8-15)10-13-20(17)19-12-11-18-14-19/h2-3,10-15H,4-9H2,1H3/q+1. The van der Waals surface area contributed by atoms with E-state index in [2.05, 4.69) is 45.7 Å². The highest BCUT2D eigenvalue weighted by Gasteiger charge is 2.27. The summed E-state index contributed by atoms with van der Waals surface area (Å²) >= 11 is 0. The Morgan fingerprint density at radius 3 is 2.90 bits per heavy atom. The number of nitrogens with zero attached hydrogens (tertiary/aromatic N) is 2. The summed E-state index contributed by atoms with van der Waals surface area (Å²) in [6.07, 6.45) is 18.4. The molecule has 0 spiro atoms. The van der Waals surface area contributed by atoms with Crippen molar-refractivity contribution in [3.63, 3.8) is 0 Å². The van der Waals surface area contributed by atoms with E-state index in [0.717, 1.165) is 12.3 Å². The van der Waals surface area contributed by atoms with Crippen LogP contribution < -0.4 is 0 Å². The fourth-order valence-electron chi connectivity index (χ4n) is 3.20. The molecule has 2 nitrogen and oxygen atoms in total. The molecule has 0 radical (unpaired) electrons. The van der Waals surface area contributed by atoms with Crippen molar-refractivity contribution in [3.8, 4) is 0 Å². The minimum absolute atomic E-state index is 0.0714. The lowest BCUT2D eigenvalue weighted by Crippen LogP contribution is -2.05. The first kappa shape index (κ1) is 13.6. The van der Waals surface area contributed by atoms with Crippen molar-refractivity contribution in [3.05, 3.63) is 52.8 Å². The van der Waals surface area contributed by atoms with Crippen LogP contribution in [0, 0.1) is 0 Å². The average molecular weight is 287 g/mol. The summed E-state index contributed by atoms with van der Waals surface area (Å²) in [5, 5.41) is 2.38. The zero-order valence-electron chi connectivity index (χ0n) is 12.2. The number of hydrogen-bond donors (Lipinski definition) is 0. The summed E-state index contributed by atoms with van der Waals surface area (Å²) in [4.78, 5) is 5.82. The smallest absolute Gasteiger partial charge is 0.185 e. The van der Waals surface area contributed by atoms with Crippen molar-refractivity contribution < 1.29 is 0 Å². The fourth-order valence-corrected chi connectivity index (χ4v) is 5.12. The Kier molecular flexibility index (Phi) is 4.36. The highest BCUT2D eigenvalue weighted by Crippen LogP contribution is 2.40. The van der Waals surface area contributed by atoms with Crippen molar-refractivity contribution in [1.82, 2.24) is 8.96 Å². The van der Waals surface area contributed by atoms with Crippen LogP contribution in [0.25, 0.3) is 0 Å². The van der Waals surface area contributed by atoms with Gasteiger partial charge < -0.3 is 0 Å².